The zero-order chi connectivity index (χ0) is 10.5. The Morgan fingerprint density at radius 3 is 2.07 bits per heavy atom. The maximum atomic E-state index is 11.6. The molecule has 14 heavy (non-hydrogen) atoms. The van der Waals surface area contributed by atoms with Crippen LogP contribution in [0.15, 0.2) is 0 Å². The normalized spacial score (nSPS) is 74.9. The van der Waals surface area contributed by atoms with Crippen molar-refractivity contribution in [2.24, 2.45) is 0 Å². The molecule has 7 unspecified atom stereocenters. The Morgan fingerprint density at radius 2 is 1.57 bits per heavy atom. The lowest BCUT2D eigenvalue weighted by Crippen LogP contribution is -2.64. The second-order valence-corrected chi connectivity index (χ2v) is 6.57. The van der Waals surface area contributed by atoms with Gasteiger partial charge in [0.15, 0.2) is 0 Å². The Balaban J connectivity index is 2.09. The fourth-order valence-electron chi connectivity index (χ4n) is 2.40. The predicted molar refractivity (Wildman–Crippen MR) is 40.4 cm³/mol. The van der Waals surface area contributed by atoms with Gasteiger partial charge < -0.3 is 30.1 Å². The van der Waals surface area contributed by atoms with Crippen LogP contribution >= 0.6 is 7.37 Å². The average Bonchev–Trinajstić information content (AvgIpc) is 2.93. The molecule has 0 amide bonds. The lowest BCUT2D eigenvalue weighted by atomic mass is 9.85. The van der Waals surface area contributed by atoms with Gasteiger partial charge in [-0.3, -0.25) is 4.57 Å². The molecule has 1 aliphatic carbocycles. The van der Waals surface area contributed by atoms with Crippen molar-refractivity contribution in [2.45, 2.75) is 35.1 Å². The van der Waals surface area contributed by atoms with E-state index in [2.05, 4.69) is 4.52 Å². The number of hydrogen-bond donors (Lipinski definition) is 5. The fourth-order valence-corrected chi connectivity index (χ4v) is 5.69. The maximum absolute atomic E-state index is 11.6. The van der Waals surface area contributed by atoms with Crippen molar-refractivity contribution in [3.05, 3.63) is 0 Å². The van der Waals surface area contributed by atoms with Crippen LogP contribution in [0.25, 0.3) is 0 Å². The molecule has 0 bridgehead atoms. The van der Waals surface area contributed by atoms with E-state index in [1.54, 1.807) is 0 Å². The van der Waals surface area contributed by atoms with Crippen molar-refractivity contribution in [1.82, 2.24) is 0 Å². The molecule has 7 nitrogen and oxygen atoms in total. The van der Waals surface area contributed by atoms with Gasteiger partial charge in [0.25, 0.3) is 7.37 Å². The molecule has 2 saturated heterocycles. The summed E-state index contributed by atoms with van der Waals surface area (Å²) in [5.41, 5.74) is 0. The minimum atomic E-state index is -3.46. The number of aliphatic hydroxyl groups excluding tert-OH is 4. The largest absolute Gasteiger partial charge is 0.387 e. The predicted octanol–water partition coefficient (Wildman–Crippen LogP) is -2.85. The highest BCUT2D eigenvalue weighted by Crippen LogP contribution is 3.07. The van der Waals surface area contributed by atoms with Crippen LogP contribution < -0.4 is 0 Å². The van der Waals surface area contributed by atoms with E-state index in [9.17, 15) is 30.1 Å². The van der Waals surface area contributed by atoms with E-state index in [1.807, 2.05) is 0 Å². The van der Waals surface area contributed by atoms with Gasteiger partial charge in [-0.2, -0.15) is 0 Å². The first kappa shape index (κ1) is 9.23. The third-order valence-corrected chi connectivity index (χ3v) is 6.63. The minimum absolute atomic E-state index is 1.63. The van der Waals surface area contributed by atoms with Crippen LogP contribution in [-0.4, -0.2) is 60.6 Å². The molecule has 1 saturated carbocycles. The van der Waals surface area contributed by atoms with Gasteiger partial charge in [0.05, 0.1) is 0 Å². The van der Waals surface area contributed by atoms with Gasteiger partial charge in [-0.05, 0) is 0 Å². The fraction of sp³-hybridized carbons (Fsp3) is 1.00. The molecule has 80 valence electrons. The second kappa shape index (κ2) is 1.94. The summed E-state index contributed by atoms with van der Waals surface area (Å²) in [6.45, 7) is 0. The molecule has 0 aromatic rings. The van der Waals surface area contributed by atoms with Crippen molar-refractivity contribution < 1.29 is 34.6 Å². The van der Waals surface area contributed by atoms with Crippen molar-refractivity contribution in [2.75, 3.05) is 0 Å². The molecule has 7 atom stereocenters. The molecule has 3 fully saturated rings. The summed E-state index contributed by atoms with van der Waals surface area (Å²) in [6.07, 6.45) is -6.76. The van der Waals surface area contributed by atoms with Gasteiger partial charge in [-0.15, -0.1) is 0 Å². The molecule has 3 rings (SSSR count). The standard InChI is InChI=1S/C6H9O7P/c7-1-2(8)4(10)6-5(11,3(1)9)14(6,12)13-6/h1-4,7-11H. The van der Waals surface area contributed by atoms with Crippen LogP contribution in [0.5, 0.6) is 0 Å². The molecule has 5 N–H and O–H groups in total. The van der Waals surface area contributed by atoms with Crippen molar-refractivity contribution in [1.29, 1.82) is 0 Å². The van der Waals surface area contributed by atoms with E-state index >= 15 is 0 Å². The molecule has 2 heterocycles. The summed E-state index contributed by atoms with van der Waals surface area (Å²) in [6, 6.07) is 0. The van der Waals surface area contributed by atoms with E-state index < -0.39 is 42.5 Å². The molecule has 0 radical (unpaired) electrons. The van der Waals surface area contributed by atoms with Gasteiger partial charge in [-0.25, -0.2) is 0 Å². The van der Waals surface area contributed by atoms with Crippen LogP contribution in [0, 0.1) is 0 Å². The van der Waals surface area contributed by atoms with Gasteiger partial charge in [-0.1, -0.05) is 0 Å². The van der Waals surface area contributed by atoms with Gasteiger partial charge >= 0.3 is 0 Å². The SMILES string of the molecule is O=P12OC13C(O)C(O)C(O)C(O)C32O. The zero-order valence-corrected chi connectivity index (χ0v) is 7.70. The summed E-state index contributed by atoms with van der Waals surface area (Å²) in [5, 5.41) is 43.2. The number of aliphatic hydroxyl groups is 5. The highest BCUT2D eigenvalue weighted by atomic mass is 31.2. The Kier molecular flexibility index (Phi) is 1.28. The van der Waals surface area contributed by atoms with Crippen LogP contribution in [0.4, 0.5) is 0 Å². The first-order valence-corrected chi connectivity index (χ1v) is 5.72. The van der Waals surface area contributed by atoms with E-state index in [4.69, 9.17) is 0 Å². The van der Waals surface area contributed by atoms with Gasteiger partial charge in [0.2, 0.25) is 10.7 Å². The Labute approximate surface area is 78.0 Å². The molecule has 3 aliphatic rings. The zero-order valence-electron chi connectivity index (χ0n) is 6.81. The average molecular weight is 224 g/mol. The van der Waals surface area contributed by atoms with E-state index in [-0.39, 0.29) is 0 Å². The number of fused-ring (bicyclic) bond motifs is 1. The molecule has 1 spiro atoms. The topological polar surface area (TPSA) is 131 Å². The number of hydrogen-bond acceptors (Lipinski definition) is 7. The van der Waals surface area contributed by atoms with Gasteiger partial charge in [0.1, 0.15) is 24.4 Å². The van der Waals surface area contributed by atoms with Gasteiger partial charge in [0, 0.05) is 0 Å². The van der Waals surface area contributed by atoms with E-state index in [1.165, 1.54) is 0 Å². The Morgan fingerprint density at radius 1 is 1.07 bits per heavy atom. The van der Waals surface area contributed by atoms with E-state index in [0.717, 1.165) is 0 Å². The highest BCUT2D eigenvalue weighted by molar-refractivity contribution is 7.77. The lowest BCUT2D eigenvalue weighted by Gasteiger charge is -2.37. The Bertz CT molecular complexity index is 347. The first-order chi connectivity index (χ1) is 6.34. The Hall–Kier alpha value is -0.0100. The summed E-state index contributed by atoms with van der Waals surface area (Å²) >= 11 is 0. The quantitative estimate of drug-likeness (QED) is 0.221. The third kappa shape index (κ3) is 0.516. The van der Waals surface area contributed by atoms with Crippen LogP contribution in [-0.2, 0) is 9.09 Å². The smallest absolute Gasteiger partial charge is 0.279 e. The summed E-state index contributed by atoms with van der Waals surface area (Å²) < 4.78 is 16.2. The molecule has 8 heteroatoms. The molecule has 2 aliphatic heterocycles. The van der Waals surface area contributed by atoms with Crippen LogP contribution in [0.3, 0.4) is 0 Å². The molecular weight excluding hydrogens is 215 g/mol. The number of rotatable bonds is 0. The summed E-state index contributed by atoms with van der Waals surface area (Å²) in [5.74, 6) is 0. The first-order valence-electron chi connectivity index (χ1n) is 4.10. The highest BCUT2D eigenvalue weighted by Gasteiger charge is 3.10. The summed E-state index contributed by atoms with van der Waals surface area (Å²) in [7, 11) is -3.46. The molecule has 0 aromatic heterocycles. The van der Waals surface area contributed by atoms with Crippen molar-refractivity contribution >= 4 is 7.37 Å². The second-order valence-electron chi connectivity index (χ2n) is 3.94. The maximum Gasteiger partial charge on any atom is 0.279 e. The van der Waals surface area contributed by atoms with Crippen LogP contribution in [0.1, 0.15) is 0 Å². The van der Waals surface area contributed by atoms with E-state index in [0.29, 0.717) is 0 Å². The third-order valence-electron chi connectivity index (χ3n) is 3.41. The monoisotopic (exact) mass is 224 g/mol. The van der Waals surface area contributed by atoms with Crippen LogP contribution in [0.2, 0.25) is 0 Å². The molecular formula is C6H9O7P. The summed E-state index contributed by atoms with van der Waals surface area (Å²) in [4.78, 5) is 0. The van der Waals surface area contributed by atoms with Crippen molar-refractivity contribution in [3.63, 3.8) is 0 Å². The molecule has 0 aromatic carbocycles. The lowest BCUT2D eigenvalue weighted by molar-refractivity contribution is -0.217. The van der Waals surface area contributed by atoms with Crippen molar-refractivity contribution in [3.8, 4) is 0 Å². The minimum Gasteiger partial charge on any atom is -0.387 e.